The van der Waals surface area contributed by atoms with Gasteiger partial charge in [0.15, 0.2) is 5.16 Å². The average molecular weight is 460 g/mol. The topological polar surface area (TPSA) is 88.9 Å². The summed E-state index contributed by atoms with van der Waals surface area (Å²) >= 11 is 8.67. The highest BCUT2D eigenvalue weighted by Gasteiger charge is 2.28. The fourth-order valence-corrected chi connectivity index (χ4v) is 4.87. The van der Waals surface area contributed by atoms with Crippen molar-refractivity contribution in [2.24, 2.45) is 7.05 Å². The van der Waals surface area contributed by atoms with Gasteiger partial charge in [-0.15, -0.1) is 22.0 Å². The van der Waals surface area contributed by atoms with E-state index in [4.69, 9.17) is 11.6 Å². The monoisotopic (exact) mass is 459 g/mol. The second-order valence-corrected chi connectivity index (χ2v) is 9.22. The van der Waals surface area contributed by atoms with Gasteiger partial charge in [0.2, 0.25) is 11.8 Å². The molecule has 1 unspecified atom stereocenters. The Balaban J connectivity index is 1.35. The first-order chi connectivity index (χ1) is 14.5. The van der Waals surface area contributed by atoms with Gasteiger partial charge in [-0.05, 0) is 36.4 Å². The van der Waals surface area contributed by atoms with E-state index >= 15 is 0 Å². The zero-order valence-corrected chi connectivity index (χ0v) is 18.4. The summed E-state index contributed by atoms with van der Waals surface area (Å²) < 4.78 is 1.83. The molecule has 0 bridgehead atoms. The summed E-state index contributed by atoms with van der Waals surface area (Å²) in [7, 11) is 1.84. The Morgan fingerprint density at radius 3 is 2.80 bits per heavy atom. The lowest BCUT2D eigenvalue weighted by molar-refractivity contribution is -0.116. The number of fused-ring (bicyclic) bond motifs is 1. The van der Waals surface area contributed by atoms with E-state index in [-0.39, 0.29) is 22.8 Å². The van der Waals surface area contributed by atoms with Crippen LogP contribution in [0.2, 0.25) is 5.02 Å². The molecule has 1 atom stereocenters. The lowest BCUT2D eigenvalue weighted by atomic mass is 10.2. The van der Waals surface area contributed by atoms with E-state index in [1.54, 1.807) is 24.3 Å². The Morgan fingerprint density at radius 1 is 1.23 bits per heavy atom. The van der Waals surface area contributed by atoms with Gasteiger partial charge in [-0.25, -0.2) is 0 Å². The summed E-state index contributed by atoms with van der Waals surface area (Å²) in [6, 6.07) is 14.7. The molecule has 1 aliphatic rings. The molecular formula is C20H18ClN5O2S2. The van der Waals surface area contributed by atoms with Crippen LogP contribution in [-0.2, 0) is 23.1 Å². The number of nitrogens with one attached hydrogen (secondary N) is 2. The molecule has 10 heteroatoms. The van der Waals surface area contributed by atoms with Crippen molar-refractivity contribution in [3.63, 3.8) is 0 Å². The van der Waals surface area contributed by atoms with Crippen LogP contribution in [0, 0.1) is 0 Å². The lowest BCUT2D eigenvalue weighted by Gasteiger charge is -2.23. The number of benzene rings is 2. The van der Waals surface area contributed by atoms with Gasteiger partial charge in [-0.1, -0.05) is 35.5 Å². The van der Waals surface area contributed by atoms with Crippen molar-refractivity contribution in [2.75, 3.05) is 16.4 Å². The number of thioether (sulfide) groups is 2. The van der Waals surface area contributed by atoms with Crippen molar-refractivity contribution in [1.29, 1.82) is 0 Å². The van der Waals surface area contributed by atoms with Crippen LogP contribution >= 0.6 is 35.1 Å². The molecule has 7 nitrogen and oxygen atoms in total. The predicted molar refractivity (Wildman–Crippen MR) is 120 cm³/mol. The van der Waals surface area contributed by atoms with Gasteiger partial charge >= 0.3 is 0 Å². The summed E-state index contributed by atoms with van der Waals surface area (Å²) in [4.78, 5) is 25.7. The highest BCUT2D eigenvalue weighted by Crippen LogP contribution is 2.36. The fourth-order valence-electron chi connectivity index (χ4n) is 2.90. The van der Waals surface area contributed by atoms with E-state index in [1.165, 1.54) is 23.5 Å². The third-order valence-corrected chi connectivity index (χ3v) is 7.01. The summed E-state index contributed by atoms with van der Waals surface area (Å²) in [5.74, 6) is 0.701. The molecule has 2 N–H and O–H groups in total. The molecule has 30 heavy (non-hydrogen) atoms. The second-order valence-electron chi connectivity index (χ2n) is 6.60. The smallest absolute Gasteiger partial charge is 0.238 e. The normalized spacial score (nSPS) is 15.4. The van der Waals surface area contributed by atoms with E-state index in [0.717, 1.165) is 10.6 Å². The maximum atomic E-state index is 12.4. The number of anilines is 2. The molecule has 2 amide bonds. The maximum Gasteiger partial charge on any atom is 0.238 e. The number of aromatic nitrogens is 3. The first-order valence-electron chi connectivity index (χ1n) is 9.12. The molecule has 154 valence electrons. The highest BCUT2D eigenvalue weighted by atomic mass is 35.5. The quantitative estimate of drug-likeness (QED) is 0.544. The Morgan fingerprint density at radius 2 is 2.00 bits per heavy atom. The lowest BCUT2D eigenvalue weighted by Crippen LogP contribution is -2.31. The highest BCUT2D eigenvalue weighted by molar-refractivity contribution is 8.01. The fraction of sp³-hybridized carbons (Fsp3) is 0.200. The van der Waals surface area contributed by atoms with Crippen molar-refractivity contribution in [2.45, 2.75) is 21.7 Å². The zero-order valence-electron chi connectivity index (χ0n) is 16.0. The Hall–Kier alpha value is -2.49. The SMILES string of the molecule is Cn1c(CC2Sc3ccccc3NC2=O)nnc1SCC(=O)Nc1ccc(Cl)cc1. The van der Waals surface area contributed by atoms with Crippen LogP contribution in [0.25, 0.3) is 0 Å². The third-order valence-electron chi connectivity index (χ3n) is 4.46. The molecule has 0 radical (unpaired) electrons. The summed E-state index contributed by atoms with van der Waals surface area (Å²) in [6.07, 6.45) is 0.450. The molecule has 4 rings (SSSR count). The van der Waals surface area contributed by atoms with Crippen LogP contribution in [0.15, 0.2) is 58.6 Å². The largest absolute Gasteiger partial charge is 0.325 e. The zero-order chi connectivity index (χ0) is 21.1. The van der Waals surface area contributed by atoms with Gasteiger partial charge < -0.3 is 15.2 Å². The summed E-state index contributed by atoms with van der Waals surface area (Å²) in [5.41, 5.74) is 1.52. The molecular weight excluding hydrogens is 442 g/mol. The number of para-hydroxylation sites is 1. The van der Waals surface area contributed by atoms with Gasteiger partial charge in [0.1, 0.15) is 5.82 Å². The summed E-state index contributed by atoms with van der Waals surface area (Å²) in [6.45, 7) is 0. The number of hydrogen-bond donors (Lipinski definition) is 2. The van der Waals surface area contributed by atoms with Crippen LogP contribution in [0.3, 0.4) is 0 Å². The van der Waals surface area contributed by atoms with Gasteiger partial charge in [-0.2, -0.15) is 0 Å². The number of carbonyl (C=O) groups excluding carboxylic acids is 2. The maximum absolute atomic E-state index is 12.4. The minimum Gasteiger partial charge on any atom is -0.325 e. The van der Waals surface area contributed by atoms with Gasteiger partial charge in [0.05, 0.1) is 16.7 Å². The van der Waals surface area contributed by atoms with E-state index in [2.05, 4.69) is 20.8 Å². The molecule has 0 saturated heterocycles. The van der Waals surface area contributed by atoms with Crippen LogP contribution in [-0.4, -0.2) is 37.6 Å². The Bertz CT molecular complexity index is 1090. The first-order valence-corrected chi connectivity index (χ1v) is 11.4. The van der Waals surface area contributed by atoms with E-state index in [9.17, 15) is 9.59 Å². The molecule has 0 aliphatic carbocycles. The molecule has 1 aliphatic heterocycles. The molecule has 0 spiro atoms. The second kappa shape index (κ2) is 9.11. The van der Waals surface area contributed by atoms with E-state index < -0.39 is 0 Å². The summed E-state index contributed by atoms with van der Waals surface area (Å²) in [5, 5.41) is 15.1. The van der Waals surface area contributed by atoms with Crippen LogP contribution < -0.4 is 10.6 Å². The Labute approximate surface area is 187 Å². The number of carbonyl (C=O) groups is 2. The van der Waals surface area contributed by atoms with Crippen molar-refractivity contribution >= 4 is 58.3 Å². The molecule has 1 aromatic heterocycles. The van der Waals surface area contributed by atoms with Crippen LogP contribution in [0.1, 0.15) is 5.82 Å². The standard InChI is InChI=1S/C20H18ClN5O2S2/c1-26-17(10-16-19(28)23-14-4-2-3-5-15(14)30-16)24-25-20(26)29-11-18(27)22-13-8-6-12(21)7-9-13/h2-9,16H,10-11H2,1H3,(H,22,27)(H,23,28). The minimum atomic E-state index is -0.283. The minimum absolute atomic E-state index is 0.0433. The third kappa shape index (κ3) is 4.80. The number of halogens is 1. The molecule has 0 fully saturated rings. The molecule has 2 aromatic carbocycles. The predicted octanol–water partition coefficient (Wildman–Crippen LogP) is 3.85. The average Bonchev–Trinajstić information content (AvgIpc) is 3.08. The number of hydrogen-bond acceptors (Lipinski definition) is 6. The van der Waals surface area contributed by atoms with E-state index in [0.29, 0.717) is 28.1 Å². The van der Waals surface area contributed by atoms with Crippen molar-refractivity contribution in [3.8, 4) is 0 Å². The van der Waals surface area contributed by atoms with Gasteiger partial charge in [0.25, 0.3) is 0 Å². The molecule has 0 saturated carbocycles. The van der Waals surface area contributed by atoms with Crippen LogP contribution in [0.5, 0.6) is 0 Å². The van der Waals surface area contributed by atoms with Crippen molar-refractivity contribution in [3.05, 3.63) is 59.4 Å². The number of rotatable bonds is 6. The Kier molecular flexibility index (Phi) is 6.31. The molecule has 3 aromatic rings. The van der Waals surface area contributed by atoms with Crippen LogP contribution in [0.4, 0.5) is 11.4 Å². The number of amides is 2. The first kappa shape index (κ1) is 20.8. The van der Waals surface area contributed by atoms with Gasteiger partial charge in [0, 0.05) is 29.1 Å². The number of nitrogens with zero attached hydrogens (tertiary/aromatic N) is 3. The van der Waals surface area contributed by atoms with Gasteiger partial charge in [-0.3, -0.25) is 9.59 Å². The van der Waals surface area contributed by atoms with Crippen molar-refractivity contribution < 1.29 is 9.59 Å². The van der Waals surface area contributed by atoms with Crippen molar-refractivity contribution in [1.82, 2.24) is 14.8 Å². The molecule has 2 heterocycles. The van der Waals surface area contributed by atoms with E-state index in [1.807, 2.05) is 35.9 Å².